The molecule has 25 heavy (non-hydrogen) atoms. The molecule has 1 N–H and O–H groups in total. The average molecular weight is 339 g/mol. The molecule has 1 saturated carbocycles. The van der Waals surface area contributed by atoms with Crippen LogP contribution in [0.1, 0.15) is 34.9 Å². The minimum absolute atomic E-state index is 0.129. The third-order valence-corrected chi connectivity index (χ3v) is 4.10. The number of benzene rings is 2. The third-order valence-electron chi connectivity index (χ3n) is 4.10. The lowest BCUT2D eigenvalue weighted by molar-refractivity contribution is -0.130. The fraction of sp³-hybridized carbons (Fsp3) is 0.263. The summed E-state index contributed by atoms with van der Waals surface area (Å²) in [5, 5.41) is 2.89. The Bertz CT molecular complexity index is 801. The number of ether oxygens (including phenoxy) is 3. The highest BCUT2D eigenvalue weighted by Crippen LogP contribution is 2.33. The quantitative estimate of drug-likeness (QED) is 0.848. The van der Waals surface area contributed by atoms with Crippen molar-refractivity contribution >= 4 is 11.9 Å². The van der Waals surface area contributed by atoms with E-state index in [1.807, 2.05) is 6.07 Å². The van der Waals surface area contributed by atoms with Crippen LogP contribution in [0.25, 0.3) is 0 Å². The van der Waals surface area contributed by atoms with Crippen LogP contribution in [-0.2, 0) is 9.53 Å². The molecule has 0 aromatic heterocycles. The van der Waals surface area contributed by atoms with Gasteiger partial charge in [0.05, 0.1) is 5.56 Å². The molecule has 128 valence electrons. The van der Waals surface area contributed by atoms with Crippen LogP contribution < -0.4 is 14.8 Å². The van der Waals surface area contributed by atoms with Crippen LogP contribution in [0, 0.1) is 0 Å². The Labute approximate surface area is 144 Å². The minimum Gasteiger partial charge on any atom is -0.454 e. The molecule has 1 aliphatic heterocycles. The van der Waals surface area contributed by atoms with Gasteiger partial charge in [-0.3, -0.25) is 4.79 Å². The summed E-state index contributed by atoms with van der Waals surface area (Å²) in [6, 6.07) is 14.0. The van der Waals surface area contributed by atoms with Crippen molar-refractivity contribution in [3.8, 4) is 11.5 Å². The van der Waals surface area contributed by atoms with Crippen molar-refractivity contribution in [1.29, 1.82) is 0 Å². The van der Waals surface area contributed by atoms with E-state index in [1.165, 1.54) is 0 Å². The summed E-state index contributed by atoms with van der Waals surface area (Å²) in [7, 11) is 0. The zero-order valence-electron chi connectivity index (χ0n) is 13.4. The SMILES string of the molecule is O=C(O[C@H](C(=O)NC1CC1)c1ccccc1)c1ccc2c(c1)OCO2. The van der Waals surface area contributed by atoms with Gasteiger partial charge in [0.2, 0.25) is 12.9 Å². The summed E-state index contributed by atoms with van der Waals surface area (Å²) in [6.45, 7) is 0.129. The first-order chi connectivity index (χ1) is 12.2. The highest BCUT2D eigenvalue weighted by Gasteiger charge is 2.31. The van der Waals surface area contributed by atoms with Gasteiger partial charge in [0.25, 0.3) is 5.91 Å². The van der Waals surface area contributed by atoms with E-state index < -0.39 is 12.1 Å². The number of nitrogens with one attached hydrogen (secondary N) is 1. The molecule has 2 aromatic rings. The first-order valence-electron chi connectivity index (χ1n) is 8.16. The van der Waals surface area contributed by atoms with Crippen LogP contribution in [0.3, 0.4) is 0 Å². The molecule has 1 atom stereocenters. The highest BCUT2D eigenvalue weighted by atomic mass is 16.7. The molecule has 1 heterocycles. The topological polar surface area (TPSA) is 73.9 Å². The van der Waals surface area contributed by atoms with Gasteiger partial charge in [0, 0.05) is 11.6 Å². The summed E-state index contributed by atoms with van der Waals surface area (Å²) in [5.41, 5.74) is 0.944. The van der Waals surface area contributed by atoms with Crippen molar-refractivity contribution in [1.82, 2.24) is 5.32 Å². The Morgan fingerprint density at radius 3 is 2.56 bits per heavy atom. The Morgan fingerprint density at radius 1 is 1.04 bits per heavy atom. The Hall–Kier alpha value is -3.02. The van der Waals surface area contributed by atoms with Gasteiger partial charge in [-0.2, -0.15) is 0 Å². The number of hydrogen-bond donors (Lipinski definition) is 1. The first kappa shape index (κ1) is 15.5. The molecule has 1 fully saturated rings. The number of rotatable bonds is 5. The number of carbonyl (C=O) groups excluding carboxylic acids is 2. The van der Waals surface area contributed by atoms with Gasteiger partial charge in [0.15, 0.2) is 11.5 Å². The van der Waals surface area contributed by atoms with E-state index in [1.54, 1.807) is 42.5 Å². The van der Waals surface area contributed by atoms with E-state index in [-0.39, 0.29) is 18.7 Å². The predicted molar refractivity (Wildman–Crippen MR) is 88.3 cm³/mol. The summed E-state index contributed by atoms with van der Waals surface area (Å²) in [6.07, 6.45) is 0.937. The van der Waals surface area contributed by atoms with E-state index in [2.05, 4.69) is 5.32 Å². The van der Waals surface area contributed by atoms with Crippen LogP contribution in [0.5, 0.6) is 11.5 Å². The van der Waals surface area contributed by atoms with Gasteiger partial charge < -0.3 is 19.5 Å². The van der Waals surface area contributed by atoms with Gasteiger partial charge in [-0.25, -0.2) is 4.79 Å². The maximum Gasteiger partial charge on any atom is 0.339 e. The molecule has 2 aliphatic rings. The summed E-state index contributed by atoms with van der Waals surface area (Å²) >= 11 is 0. The molecule has 1 amide bonds. The number of fused-ring (bicyclic) bond motifs is 1. The van der Waals surface area contributed by atoms with Gasteiger partial charge in [-0.1, -0.05) is 30.3 Å². The minimum atomic E-state index is -0.986. The van der Waals surface area contributed by atoms with Gasteiger partial charge in [0.1, 0.15) is 0 Å². The zero-order valence-corrected chi connectivity index (χ0v) is 13.4. The lowest BCUT2D eigenvalue weighted by atomic mass is 10.1. The van der Waals surface area contributed by atoms with E-state index in [0.717, 1.165) is 12.8 Å². The maximum atomic E-state index is 12.5. The Balaban J connectivity index is 1.55. The zero-order chi connectivity index (χ0) is 17.2. The average Bonchev–Trinajstić information content (AvgIpc) is 3.32. The van der Waals surface area contributed by atoms with Crippen LogP contribution >= 0.6 is 0 Å². The van der Waals surface area contributed by atoms with Crippen molar-refractivity contribution in [2.24, 2.45) is 0 Å². The molecule has 0 saturated heterocycles. The van der Waals surface area contributed by atoms with Crippen LogP contribution in [0.2, 0.25) is 0 Å². The molecule has 0 bridgehead atoms. The van der Waals surface area contributed by atoms with E-state index in [4.69, 9.17) is 14.2 Å². The second-order valence-electron chi connectivity index (χ2n) is 6.05. The second-order valence-corrected chi connectivity index (χ2v) is 6.05. The van der Waals surface area contributed by atoms with Crippen molar-refractivity contribution in [3.63, 3.8) is 0 Å². The van der Waals surface area contributed by atoms with Crippen molar-refractivity contribution in [3.05, 3.63) is 59.7 Å². The first-order valence-corrected chi connectivity index (χ1v) is 8.16. The third kappa shape index (κ3) is 3.42. The number of amides is 1. The van der Waals surface area contributed by atoms with Gasteiger partial charge in [-0.05, 0) is 31.0 Å². The van der Waals surface area contributed by atoms with Crippen LogP contribution in [0.4, 0.5) is 0 Å². The molecular weight excluding hydrogens is 322 g/mol. The normalized spacial score (nSPS) is 16.2. The molecule has 4 rings (SSSR count). The van der Waals surface area contributed by atoms with Crippen LogP contribution in [-0.4, -0.2) is 24.7 Å². The molecule has 0 radical (unpaired) electrons. The molecule has 6 heteroatoms. The molecule has 6 nitrogen and oxygen atoms in total. The Kier molecular flexibility index (Phi) is 4.01. The van der Waals surface area contributed by atoms with E-state index in [9.17, 15) is 9.59 Å². The fourth-order valence-electron chi connectivity index (χ4n) is 2.60. The lowest BCUT2D eigenvalue weighted by Crippen LogP contribution is -2.33. The second kappa shape index (κ2) is 6.47. The number of esters is 1. The van der Waals surface area contributed by atoms with Gasteiger partial charge >= 0.3 is 5.97 Å². The van der Waals surface area contributed by atoms with E-state index in [0.29, 0.717) is 22.6 Å². The fourth-order valence-corrected chi connectivity index (χ4v) is 2.60. The summed E-state index contributed by atoms with van der Waals surface area (Å²) in [5.74, 6) is 0.191. The molecule has 0 spiro atoms. The Morgan fingerprint density at radius 2 is 1.80 bits per heavy atom. The van der Waals surface area contributed by atoms with Gasteiger partial charge in [-0.15, -0.1) is 0 Å². The number of hydrogen-bond acceptors (Lipinski definition) is 5. The smallest absolute Gasteiger partial charge is 0.339 e. The number of carbonyl (C=O) groups is 2. The summed E-state index contributed by atoms with van der Waals surface area (Å²) < 4.78 is 16.0. The van der Waals surface area contributed by atoms with Crippen molar-refractivity contribution in [2.75, 3.05) is 6.79 Å². The molecule has 1 aliphatic carbocycles. The molecule has 2 aromatic carbocycles. The standard InChI is InChI=1S/C19H17NO5/c21-18(20-14-7-8-14)17(12-4-2-1-3-5-12)25-19(22)13-6-9-15-16(10-13)24-11-23-15/h1-6,9-10,14,17H,7-8,11H2,(H,20,21)/t17-/m0/s1. The van der Waals surface area contributed by atoms with Crippen molar-refractivity contribution < 1.29 is 23.8 Å². The van der Waals surface area contributed by atoms with Crippen LogP contribution in [0.15, 0.2) is 48.5 Å². The summed E-state index contributed by atoms with van der Waals surface area (Å²) in [4.78, 5) is 25.1. The van der Waals surface area contributed by atoms with Crippen molar-refractivity contribution in [2.45, 2.75) is 25.0 Å². The predicted octanol–water partition coefficient (Wildman–Crippen LogP) is 2.59. The molecule has 0 unspecified atom stereocenters. The maximum absolute atomic E-state index is 12.5. The highest BCUT2D eigenvalue weighted by molar-refractivity contribution is 5.93. The van der Waals surface area contributed by atoms with E-state index >= 15 is 0 Å². The monoisotopic (exact) mass is 339 g/mol. The lowest BCUT2D eigenvalue weighted by Gasteiger charge is -2.18. The largest absolute Gasteiger partial charge is 0.454 e. The molecular formula is C19H17NO5.